The smallest absolute Gasteiger partial charge is 0.293 e. The van der Waals surface area contributed by atoms with Crippen LogP contribution >= 0.6 is 46.4 Å². The largest absolute Gasteiger partial charge is 0.468 e. The molecule has 0 N–H and O–H groups in total. The van der Waals surface area contributed by atoms with Crippen LogP contribution in [0.2, 0.25) is 0 Å². The van der Waals surface area contributed by atoms with Gasteiger partial charge in [-0.1, -0.05) is 34.8 Å². The third-order valence-electron chi connectivity index (χ3n) is 1.14. The average molecular weight is 254 g/mol. The van der Waals surface area contributed by atoms with Crippen molar-refractivity contribution in [2.45, 2.75) is 22.0 Å². The van der Waals surface area contributed by atoms with E-state index in [1.165, 1.54) is 0 Å². The van der Waals surface area contributed by atoms with Crippen LogP contribution in [0.25, 0.3) is 0 Å². The molecular weight excluding hydrogens is 246 g/mol. The van der Waals surface area contributed by atoms with Crippen LogP contribution < -0.4 is 0 Å². The van der Waals surface area contributed by atoms with Gasteiger partial charge in [-0.15, -0.1) is 11.6 Å². The second-order valence-electron chi connectivity index (χ2n) is 2.12. The van der Waals surface area contributed by atoms with E-state index >= 15 is 0 Å². The van der Waals surface area contributed by atoms with Gasteiger partial charge in [0.25, 0.3) is 6.47 Å². The van der Waals surface area contributed by atoms with E-state index in [1.807, 2.05) is 0 Å². The molecule has 0 aliphatic carbocycles. The summed E-state index contributed by atoms with van der Waals surface area (Å²) in [6.07, 6.45) is 1.08. The van der Waals surface area contributed by atoms with Crippen molar-refractivity contribution in [3.05, 3.63) is 0 Å². The summed E-state index contributed by atoms with van der Waals surface area (Å²) in [6.45, 7) is 0.673. The molecule has 0 aromatic rings. The van der Waals surface area contributed by atoms with Gasteiger partial charge in [-0.2, -0.15) is 0 Å². The van der Waals surface area contributed by atoms with E-state index in [4.69, 9.17) is 46.4 Å². The minimum Gasteiger partial charge on any atom is -0.468 e. The van der Waals surface area contributed by atoms with Crippen LogP contribution in [0.15, 0.2) is 0 Å². The first kappa shape index (κ1) is 12.6. The lowest BCUT2D eigenvalue weighted by Crippen LogP contribution is -2.19. The third-order valence-corrected chi connectivity index (χ3v) is 2.81. The Labute approximate surface area is 91.1 Å². The summed E-state index contributed by atoms with van der Waals surface area (Å²) in [5.41, 5.74) is 0. The van der Waals surface area contributed by atoms with Gasteiger partial charge in [-0.3, -0.25) is 4.79 Å². The normalized spacial score (nSPS) is 14.0. The Morgan fingerprint density at radius 1 is 1.42 bits per heavy atom. The Morgan fingerprint density at radius 2 is 2.00 bits per heavy atom. The SMILES string of the molecule is O=COCCCC(Cl)C(Cl)(Cl)Cl. The summed E-state index contributed by atoms with van der Waals surface area (Å²) >= 11 is 22.2. The van der Waals surface area contributed by atoms with Crippen molar-refractivity contribution in [1.29, 1.82) is 0 Å². The van der Waals surface area contributed by atoms with Gasteiger partial charge in [0.15, 0.2) is 0 Å². The van der Waals surface area contributed by atoms with Crippen molar-refractivity contribution in [2.75, 3.05) is 6.61 Å². The fourth-order valence-electron chi connectivity index (χ4n) is 0.558. The zero-order valence-electron chi connectivity index (χ0n) is 6.10. The highest BCUT2D eigenvalue weighted by molar-refractivity contribution is 6.70. The third kappa shape index (κ3) is 6.18. The topological polar surface area (TPSA) is 26.3 Å². The lowest BCUT2D eigenvalue weighted by atomic mass is 10.2. The fraction of sp³-hybridized carbons (Fsp3) is 0.833. The summed E-state index contributed by atoms with van der Waals surface area (Å²) in [6, 6.07) is 0. The minimum atomic E-state index is -1.46. The second-order valence-corrected chi connectivity index (χ2v) is 5.01. The second kappa shape index (κ2) is 6.14. The first-order valence-corrected chi connectivity index (χ1v) is 4.81. The number of carbonyl (C=O) groups is 1. The van der Waals surface area contributed by atoms with Gasteiger partial charge in [0.1, 0.15) is 0 Å². The van der Waals surface area contributed by atoms with Crippen molar-refractivity contribution >= 4 is 52.9 Å². The van der Waals surface area contributed by atoms with E-state index in [1.54, 1.807) is 0 Å². The lowest BCUT2D eigenvalue weighted by Gasteiger charge is -2.17. The molecule has 0 bridgehead atoms. The number of rotatable bonds is 5. The molecule has 0 fully saturated rings. The molecule has 0 aliphatic heterocycles. The van der Waals surface area contributed by atoms with Crippen molar-refractivity contribution in [3.63, 3.8) is 0 Å². The van der Waals surface area contributed by atoms with Crippen molar-refractivity contribution in [3.8, 4) is 0 Å². The van der Waals surface area contributed by atoms with E-state index < -0.39 is 9.17 Å². The molecule has 0 amide bonds. The maximum absolute atomic E-state index is 9.71. The predicted molar refractivity (Wildman–Crippen MR) is 51.2 cm³/mol. The molecule has 0 aromatic heterocycles. The van der Waals surface area contributed by atoms with Gasteiger partial charge in [0, 0.05) is 0 Å². The first-order valence-electron chi connectivity index (χ1n) is 3.24. The van der Waals surface area contributed by atoms with Gasteiger partial charge in [-0.05, 0) is 12.8 Å². The first-order chi connectivity index (χ1) is 5.48. The van der Waals surface area contributed by atoms with Gasteiger partial charge in [0.2, 0.25) is 3.79 Å². The highest BCUT2D eigenvalue weighted by atomic mass is 35.6. The maximum Gasteiger partial charge on any atom is 0.293 e. The molecule has 0 saturated carbocycles. The summed E-state index contributed by atoms with van der Waals surface area (Å²) in [5.74, 6) is 0. The van der Waals surface area contributed by atoms with E-state index in [0.29, 0.717) is 25.9 Å². The van der Waals surface area contributed by atoms with Crippen molar-refractivity contribution in [2.24, 2.45) is 0 Å². The van der Waals surface area contributed by atoms with Gasteiger partial charge in [0.05, 0.1) is 12.0 Å². The Balaban J connectivity index is 3.44. The number of alkyl halides is 4. The molecule has 72 valence electrons. The molecule has 0 aliphatic rings. The summed E-state index contributed by atoms with van der Waals surface area (Å²) in [4.78, 5) is 9.71. The van der Waals surface area contributed by atoms with Crippen LogP contribution in [0.1, 0.15) is 12.8 Å². The Morgan fingerprint density at radius 3 is 2.42 bits per heavy atom. The zero-order chi connectivity index (χ0) is 9.61. The minimum absolute atomic E-state index is 0.299. The van der Waals surface area contributed by atoms with E-state index in [-0.39, 0.29) is 0 Å². The standard InChI is InChI=1S/C6H8Cl4O2/c7-5(6(8,9)10)2-1-3-12-4-11/h4-5H,1-3H2. The van der Waals surface area contributed by atoms with E-state index in [0.717, 1.165) is 0 Å². The number of ether oxygens (including phenoxy) is 1. The Kier molecular flexibility index (Phi) is 6.46. The van der Waals surface area contributed by atoms with Crippen molar-refractivity contribution in [1.82, 2.24) is 0 Å². The fourth-order valence-corrected chi connectivity index (χ4v) is 1.04. The number of hydrogen-bond donors (Lipinski definition) is 0. The zero-order valence-corrected chi connectivity index (χ0v) is 9.13. The molecule has 6 heteroatoms. The number of carbonyl (C=O) groups excluding carboxylic acids is 1. The Hall–Kier alpha value is 0.630. The van der Waals surface area contributed by atoms with Gasteiger partial charge < -0.3 is 4.74 Å². The molecule has 2 nitrogen and oxygen atoms in total. The maximum atomic E-state index is 9.71. The van der Waals surface area contributed by atoms with Crippen LogP contribution in [-0.4, -0.2) is 22.2 Å². The molecule has 0 heterocycles. The lowest BCUT2D eigenvalue weighted by molar-refractivity contribution is -0.128. The number of halogens is 4. The van der Waals surface area contributed by atoms with E-state index in [9.17, 15) is 4.79 Å². The quantitative estimate of drug-likeness (QED) is 0.428. The molecule has 0 rings (SSSR count). The van der Waals surface area contributed by atoms with Gasteiger partial charge in [-0.25, -0.2) is 0 Å². The monoisotopic (exact) mass is 252 g/mol. The summed E-state index contributed by atoms with van der Waals surface area (Å²) < 4.78 is 2.97. The molecular formula is C6H8Cl4O2. The molecule has 1 unspecified atom stereocenters. The highest BCUT2D eigenvalue weighted by Gasteiger charge is 2.29. The molecule has 0 radical (unpaired) electrons. The van der Waals surface area contributed by atoms with Gasteiger partial charge >= 0.3 is 0 Å². The molecule has 12 heavy (non-hydrogen) atoms. The van der Waals surface area contributed by atoms with Crippen LogP contribution in [0, 0.1) is 0 Å². The molecule has 0 saturated heterocycles. The van der Waals surface area contributed by atoms with Crippen LogP contribution in [0.3, 0.4) is 0 Å². The van der Waals surface area contributed by atoms with Crippen LogP contribution in [0.4, 0.5) is 0 Å². The number of hydrogen-bond acceptors (Lipinski definition) is 2. The van der Waals surface area contributed by atoms with Crippen molar-refractivity contribution < 1.29 is 9.53 Å². The molecule has 0 aromatic carbocycles. The highest BCUT2D eigenvalue weighted by Crippen LogP contribution is 2.35. The Bertz CT molecular complexity index is 134. The van der Waals surface area contributed by atoms with Crippen LogP contribution in [0.5, 0.6) is 0 Å². The van der Waals surface area contributed by atoms with Crippen LogP contribution in [-0.2, 0) is 9.53 Å². The average Bonchev–Trinajstić information content (AvgIpc) is 1.96. The predicted octanol–water partition coefficient (Wildman–Crippen LogP) is 2.92. The summed E-state index contributed by atoms with van der Waals surface area (Å²) in [5, 5.41) is -0.558. The molecule has 0 spiro atoms. The molecule has 1 atom stereocenters. The van der Waals surface area contributed by atoms with E-state index in [2.05, 4.69) is 4.74 Å². The summed E-state index contributed by atoms with van der Waals surface area (Å²) in [7, 11) is 0.